The monoisotopic (exact) mass is 462 g/mol. The van der Waals surface area contributed by atoms with Crippen molar-refractivity contribution in [3.63, 3.8) is 0 Å². The quantitative estimate of drug-likeness (QED) is 0.581. The normalized spacial score (nSPS) is 21.8. The number of anilines is 1. The Balaban J connectivity index is 1.58. The molecule has 3 atom stereocenters. The molecular weight excluding hydrogens is 444 g/mol. The molecule has 5 nitrogen and oxygen atoms in total. The molecule has 0 bridgehead atoms. The van der Waals surface area contributed by atoms with Crippen LogP contribution >= 0.6 is 15.9 Å². The van der Waals surface area contributed by atoms with Gasteiger partial charge in [-0.3, -0.25) is 4.79 Å². The molecule has 0 saturated heterocycles. The molecule has 0 fully saturated rings. The number of amides is 1. The van der Waals surface area contributed by atoms with Crippen LogP contribution in [0.2, 0.25) is 0 Å². The predicted molar refractivity (Wildman–Crippen MR) is 118 cm³/mol. The molecule has 150 valence electrons. The SMILES string of the molecule is NC1=C(C(=O)Nc2ccccc2)[C@H](c2ccc(Br)cc2)[C@@H]2Oc3ccccc3[C@H]2O1. The van der Waals surface area contributed by atoms with Crippen molar-refractivity contribution in [1.82, 2.24) is 0 Å². The fraction of sp³-hybridized carbons (Fsp3) is 0.125. The first-order chi connectivity index (χ1) is 14.6. The summed E-state index contributed by atoms with van der Waals surface area (Å²) in [7, 11) is 0. The minimum absolute atomic E-state index is 0.123. The molecule has 2 aliphatic heterocycles. The van der Waals surface area contributed by atoms with E-state index in [0.29, 0.717) is 11.3 Å². The fourth-order valence-electron chi connectivity index (χ4n) is 4.10. The lowest BCUT2D eigenvalue weighted by molar-refractivity contribution is -0.114. The van der Waals surface area contributed by atoms with Gasteiger partial charge >= 0.3 is 0 Å². The minimum Gasteiger partial charge on any atom is -0.485 e. The van der Waals surface area contributed by atoms with E-state index in [-0.39, 0.29) is 23.8 Å². The van der Waals surface area contributed by atoms with Gasteiger partial charge in [-0.2, -0.15) is 0 Å². The second-order valence-electron chi connectivity index (χ2n) is 7.29. The molecule has 30 heavy (non-hydrogen) atoms. The van der Waals surface area contributed by atoms with Crippen molar-refractivity contribution >= 4 is 27.5 Å². The lowest BCUT2D eigenvalue weighted by atomic mass is 9.81. The zero-order valence-electron chi connectivity index (χ0n) is 15.9. The molecule has 3 aromatic rings. The molecule has 6 heteroatoms. The third-order valence-electron chi connectivity index (χ3n) is 5.45. The maximum Gasteiger partial charge on any atom is 0.257 e. The fourth-order valence-corrected chi connectivity index (χ4v) is 4.36. The third kappa shape index (κ3) is 3.23. The number of hydrogen-bond donors (Lipinski definition) is 2. The van der Waals surface area contributed by atoms with E-state index in [0.717, 1.165) is 21.3 Å². The molecule has 2 aliphatic rings. The van der Waals surface area contributed by atoms with Gasteiger partial charge in [0.1, 0.15) is 5.75 Å². The van der Waals surface area contributed by atoms with E-state index < -0.39 is 6.10 Å². The van der Waals surface area contributed by atoms with Crippen molar-refractivity contribution in [3.8, 4) is 5.75 Å². The summed E-state index contributed by atoms with van der Waals surface area (Å²) in [4.78, 5) is 13.3. The van der Waals surface area contributed by atoms with Crippen molar-refractivity contribution in [3.05, 3.63) is 106 Å². The molecule has 3 aromatic carbocycles. The second-order valence-corrected chi connectivity index (χ2v) is 8.20. The van der Waals surface area contributed by atoms with Gasteiger partial charge in [0, 0.05) is 15.7 Å². The summed E-state index contributed by atoms with van der Waals surface area (Å²) in [6.07, 6.45) is -0.768. The Bertz CT molecular complexity index is 1130. The van der Waals surface area contributed by atoms with Gasteiger partial charge in [0.25, 0.3) is 5.91 Å². The number of nitrogens with one attached hydrogen (secondary N) is 1. The number of halogens is 1. The van der Waals surface area contributed by atoms with E-state index >= 15 is 0 Å². The van der Waals surface area contributed by atoms with Crippen LogP contribution in [-0.2, 0) is 9.53 Å². The summed E-state index contributed by atoms with van der Waals surface area (Å²) in [6, 6.07) is 24.9. The predicted octanol–water partition coefficient (Wildman–Crippen LogP) is 4.87. The van der Waals surface area contributed by atoms with Crippen LogP contribution in [0.3, 0.4) is 0 Å². The Morgan fingerprint density at radius 1 is 0.900 bits per heavy atom. The van der Waals surface area contributed by atoms with Crippen LogP contribution in [0.4, 0.5) is 5.69 Å². The third-order valence-corrected chi connectivity index (χ3v) is 5.98. The van der Waals surface area contributed by atoms with Gasteiger partial charge in [-0.15, -0.1) is 0 Å². The van der Waals surface area contributed by atoms with Crippen molar-refractivity contribution in [2.75, 3.05) is 5.32 Å². The van der Waals surface area contributed by atoms with Crippen LogP contribution in [0, 0.1) is 0 Å². The van der Waals surface area contributed by atoms with E-state index in [9.17, 15) is 4.79 Å². The highest BCUT2D eigenvalue weighted by Crippen LogP contribution is 2.50. The largest absolute Gasteiger partial charge is 0.485 e. The van der Waals surface area contributed by atoms with Gasteiger partial charge < -0.3 is 20.5 Å². The number of hydrogen-bond acceptors (Lipinski definition) is 4. The zero-order valence-corrected chi connectivity index (χ0v) is 17.5. The van der Waals surface area contributed by atoms with E-state index in [1.54, 1.807) is 0 Å². The van der Waals surface area contributed by atoms with Crippen molar-refractivity contribution in [1.29, 1.82) is 0 Å². The Labute approximate surface area is 182 Å². The number of carbonyl (C=O) groups is 1. The second kappa shape index (κ2) is 7.54. The summed E-state index contributed by atoms with van der Waals surface area (Å²) in [5.41, 5.74) is 9.27. The summed E-state index contributed by atoms with van der Waals surface area (Å²) in [5.74, 6) is 0.197. The number of para-hydroxylation sites is 2. The van der Waals surface area contributed by atoms with Crippen LogP contribution in [0.25, 0.3) is 0 Å². The van der Waals surface area contributed by atoms with Gasteiger partial charge in [0.2, 0.25) is 0 Å². The molecule has 5 rings (SSSR count). The Hall–Kier alpha value is -3.25. The maximum atomic E-state index is 13.3. The summed E-state index contributed by atoms with van der Waals surface area (Å²) in [5, 5.41) is 2.93. The Kier molecular flexibility index (Phi) is 4.71. The molecule has 0 radical (unpaired) electrons. The first-order valence-corrected chi connectivity index (χ1v) is 10.4. The average Bonchev–Trinajstić information content (AvgIpc) is 3.12. The first-order valence-electron chi connectivity index (χ1n) is 9.65. The van der Waals surface area contributed by atoms with Gasteiger partial charge in [-0.1, -0.05) is 64.5 Å². The first kappa shape index (κ1) is 18.8. The molecular formula is C24H19BrN2O3. The lowest BCUT2D eigenvalue weighted by Crippen LogP contribution is -2.40. The van der Waals surface area contributed by atoms with Gasteiger partial charge in [0.05, 0.1) is 11.5 Å². The van der Waals surface area contributed by atoms with Crippen LogP contribution in [-0.4, -0.2) is 12.0 Å². The zero-order chi connectivity index (χ0) is 20.7. The summed E-state index contributed by atoms with van der Waals surface area (Å²) in [6.45, 7) is 0. The molecule has 0 spiro atoms. The molecule has 0 aromatic heterocycles. The molecule has 0 unspecified atom stereocenters. The summed E-state index contributed by atoms with van der Waals surface area (Å²) < 4.78 is 13.3. The highest BCUT2D eigenvalue weighted by Gasteiger charge is 2.49. The van der Waals surface area contributed by atoms with E-state index in [2.05, 4.69) is 21.2 Å². The van der Waals surface area contributed by atoms with Crippen molar-refractivity contribution in [2.24, 2.45) is 5.73 Å². The molecule has 0 saturated carbocycles. The molecule has 3 N–H and O–H groups in total. The van der Waals surface area contributed by atoms with E-state index in [1.165, 1.54) is 0 Å². The standard InChI is InChI=1S/C24H19BrN2O3/c25-15-12-10-14(11-13-15)19-20(24(28)27-16-6-2-1-3-7-16)23(26)30-21-17-8-4-5-9-18(17)29-22(19)21/h1-13,19,21-22H,26H2,(H,27,28)/t19-,21+,22-/m0/s1. The van der Waals surface area contributed by atoms with Gasteiger partial charge in [-0.25, -0.2) is 0 Å². The van der Waals surface area contributed by atoms with Crippen molar-refractivity contribution < 1.29 is 14.3 Å². The average molecular weight is 463 g/mol. The lowest BCUT2D eigenvalue weighted by Gasteiger charge is -2.35. The summed E-state index contributed by atoms with van der Waals surface area (Å²) >= 11 is 3.48. The van der Waals surface area contributed by atoms with Crippen LogP contribution < -0.4 is 15.8 Å². The van der Waals surface area contributed by atoms with E-state index in [1.807, 2.05) is 78.9 Å². The number of benzene rings is 3. The Morgan fingerprint density at radius 2 is 1.60 bits per heavy atom. The molecule has 2 heterocycles. The number of ether oxygens (including phenoxy) is 2. The molecule has 0 aliphatic carbocycles. The van der Waals surface area contributed by atoms with Crippen LogP contribution in [0.15, 0.2) is 94.8 Å². The van der Waals surface area contributed by atoms with Gasteiger partial charge in [-0.05, 0) is 35.9 Å². The number of fused-ring (bicyclic) bond motifs is 3. The Morgan fingerprint density at radius 3 is 2.37 bits per heavy atom. The van der Waals surface area contributed by atoms with E-state index in [4.69, 9.17) is 15.2 Å². The smallest absolute Gasteiger partial charge is 0.257 e. The number of rotatable bonds is 3. The van der Waals surface area contributed by atoms with Gasteiger partial charge in [0.15, 0.2) is 18.1 Å². The minimum atomic E-state index is -0.396. The highest BCUT2D eigenvalue weighted by molar-refractivity contribution is 9.10. The van der Waals surface area contributed by atoms with Crippen molar-refractivity contribution in [2.45, 2.75) is 18.1 Å². The van der Waals surface area contributed by atoms with Crippen LogP contribution in [0.1, 0.15) is 23.1 Å². The van der Waals surface area contributed by atoms with Crippen LogP contribution in [0.5, 0.6) is 5.75 Å². The maximum absolute atomic E-state index is 13.3. The number of nitrogens with two attached hydrogens (primary N) is 1. The highest BCUT2D eigenvalue weighted by atomic mass is 79.9. The number of carbonyl (C=O) groups excluding carboxylic acids is 1. The molecule has 1 amide bonds. The topological polar surface area (TPSA) is 73.6 Å².